The average molecular weight is 688 g/mol. The van der Waals surface area contributed by atoms with Crippen LogP contribution in [0.25, 0.3) is 11.1 Å². The lowest BCUT2D eigenvalue weighted by molar-refractivity contribution is -0.274. The summed E-state index contributed by atoms with van der Waals surface area (Å²) in [6.07, 6.45) is -3.26. The number of carboxylic acid groups (broad SMARTS) is 1. The molecule has 1 saturated heterocycles. The summed E-state index contributed by atoms with van der Waals surface area (Å²) < 4.78 is 48.3. The molecule has 260 valence electrons. The van der Waals surface area contributed by atoms with E-state index in [9.17, 15) is 23.1 Å². The molecule has 3 heterocycles. The molecule has 0 radical (unpaired) electrons. The standard InChI is InChI=1S/C37H45ClF3N3O4/c1-22-30(32(44-16-13-36(6,7)14-17-44)31(23(2)42-22)33(34(45)46)48-35(3,4)5)26-9-10-27-21-43(15-12-25(27)19-26)20-24-8-11-29(28(38)18-24)47-37(39,40)41/h8-11,18-19,33H,12-17,20-21H2,1-7H3,(H,45,46)/t33-/m0/s1. The SMILES string of the molecule is Cc1nc(C)c([C@H](OC(C)(C)C)C(=O)O)c(N2CCC(C)(C)CC2)c1-c1ccc2c(c1)CCN(Cc1ccc(OC(F)(F)F)c(Cl)c1)C2. The summed E-state index contributed by atoms with van der Waals surface area (Å²) in [5, 5.41) is 10.4. The molecular formula is C37H45ClF3N3O4. The highest BCUT2D eigenvalue weighted by Gasteiger charge is 2.37. The number of carboxylic acids is 1. The van der Waals surface area contributed by atoms with E-state index in [1.807, 2.05) is 34.6 Å². The largest absolute Gasteiger partial charge is 0.573 e. The van der Waals surface area contributed by atoms with Gasteiger partial charge >= 0.3 is 12.3 Å². The molecule has 1 N–H and O–H groups in total. The molecule has 48 heavy (non-hydrogen) atoms. The van der Waals surface area contributed by atoms with Crippen LogP contribution < -0.4 is 9.64 Å². The Hall–Kier alpha value is -3.34. The highest BCUT2D eigenvalue weighted by molar-refractivity contribution is 6.32. The van der Waals surface area contributed by atoms with Gasteiger partial charge in [0.1, 0.15) is 5.75 Å². The van der Waals surface area contributed by atoms with Crippen molar-refractivity contribution in [1.82, 2.24) is 9.88 Å². The van der Waals surface area contributed by atoms with Crippen LogP contribution in [0.4, 0.5) is 18.9 Å². The van der Waals surface area contributed by atoms with Crippen LogP contribution >= 0.6 is 11.6 Å². The van der Waals surface area contributed by atoms with Crippen LogP contribution in [-0.4, -0.2) is 52.6 Å². The molecule has 2 aliphatic heterocycles. The predicted octanol–water partition coefficient (Wildman–Crippen LogP) is 9.04. The van der Waals surface area contributed by atoms with Crippen molar-refractivity contribution >= 4 is 23.3 Å². The first kappa shape index (κ1) is 36.0. The van der Waals surface area contributed by atoms with Gasteiger partial charge in [-0.25, -0.2) is 4.79 Å². The van der Waals surface area contributed by atoms with Gasteiger partial charge in [0.25, 0.3) is 0 Å². The number of carbonyl (C=O) groups is 1. The Morgan fingerprint density at radius 1 is 1.02 bits per heavy atom. The third-order valence-electron chi connectivity index (χ3n) is 9.18. The summed E-state index contributed by atoms with van der Waals surface area (Å²) in [4.78, 5) is 22.3. The van der Waals surface area contributed by atoms with Crippen molar-refractivity contribution in [3.63, 3.8) is 0 Å². The van der Waals surface area contributed by atoms with Gasteiger partial charge in [0.15, 0.2) is 6.10 Å². The zero-order chi connectivity index (χ0) is 35.2. The number of ether oxygens (including phenoxy) is 2. The molecule has 1 atom stereocenters. The molecule has 7 nitrogen and oxygen atoms in total. The molecule has 2 aliphatic rings. The number of aryl methyl sites for hydroxylation is 2. The van der Waals surface area contributed by atoms with Gasteiger partial charge in [-0.05, 0) is 93.7 Å². The van der Waals surface area contributed by atoms with Crippen LogP contribution in [0.3, 0.4) is 0 Å². The second kappa shape index (κ2) is 13.5. The fourth-order valence-corrected chi connectivity index (χ4v) is 7.01. The summed E-state index contributed by atoms with van der Waals surface area (Å²) >= 11 is 6.10. The Morgan fingerprint density at radius 3 is 2.31 bits per heavy atom. The summed E-state index contributed by atoms with van der Waals surface area (Å²) in [5.74, 6) is -1.46. The monoisotopic (exact) mass is 687 g/mol. The highest BCUT2D eigenvalue weighted by Crippen LogP contribution is 2.45. The lowest BCUT2D eigenvalue weighted by Gasteiger charge is -2.41. The van der Waals surface area contributed by atoms with Gasteiger partial charge in [-0.3, -0.25) is 9.88 Å². The Balaban J connectivity index is 1.49. The number of hydrogen-bond donors (Lipinski definition) is 1. The lowest BCUT2D eigenvalue weighted by Crippen LogP contribution is -2.39. The van der Waals surface area contributed by atoms with Crippen LogP contribution in [0.2, 0.25) is 5.02 Å². The van der Waals surface area contributed by atoms with E-state index in [-0.39, 0.29) is 10.4 Å². The number of rotatable bonds is 8. The highest BCUT2D eigenvalue weighted by atomic mass is 35.5. The molecule has 2 aromatic carbocycles. The number of anilines is 1. The first-order valence-corrected chi connectivity index (χ1v) is 16.7. The van der Waals surface area contributed by atoms with Gasteiger partial charge in [0.05, 0.1) is 16.3 Å². The number of nitrogens with zero attached hydrogens (tertiary/aromatic N) is 3. The van der Waals surface area contributed by atoms with E-state index in [1.165, 1.54) is 17.7 Å². The van der Waals surface area contributed by atoms with Crippen LogP contribution in [0, 0.1) is 19.3 Å². The number of hydrogen-bond acceptors (Lipinski definition) is 6. The minimum Gasteiger partial charge on any atom is -0.479 e. The molecule has 0 aliphatic carbocycles. The number of pyridine rings is 1. The van der Waals surface area contributed by atoms with Gasteiger partial charge in [-0.2, -0.15) is 0 Å². The molecule has 0 spiro atoms. The Kier molecular flexibility index (Phi) is 10.1. The van der Waals surface area contributed by atoms with E-state index in [0.29, 0.717) is 24.3 Å². The topological polar surface area (TPSA) is 75.1 Å². The number of fused-ring (bicyclic) bond motifs is 1. The normalized spacial score (nSPS) is 17.6. The third-order valence-corrected chi connectivity index (χ3v) is 9.48. The number of aromatic nitrogens is 1. The van der Waals surface area contributed by atoms with Crippen LogP contribution in [0.5, 0.6) is 5.75 Å². The second-order valence-electron chi connectivity index (χ2n) is 14.8. The Bertz CT molecular complexity index is 1680. The molecule has 1 aromatic heterocycles. The smallest absolute Gasteiger partial charge is 0.479 e. The van der Waals surface area contributed by atoms with Gasteiger partial charge in [0, 0.05) is 55.2 Å². The number of aliphatic carboxylic acids is 1. The number of piperidine rings is 1. The average Bonchev–Trinajstić information content (AvgIpc) is 2.96. The second-order valence-corrected chi connectivity index (χ2v) is 15.2. The Labute approximate surface area is 286 Å². The van der Waals surface area contributed by atoms with E-state index in [4.69, 9.17) is 21.3 Å². The predicted molar refractivity (Wildman–Crippen MR) is 182 cm³/mol. The van der Waals surface area contributed by atoms with Gasteiger partial charge in [-0.15, -0.1) is 13.2 Å². The lowest BCUT2D eigenvalue weighted by atomic mass is 9.81. The fraction of sp³-hybridized carbons (Fsp3) is 0.514. The van der Waals surface area contributed by atoms with Crippen molar-refractivity contribution in [2.24, 2.45) is 5.41 Å². The van der Waals surface area contributed by atoms with Crippen molar-refractivity contribution in [2.45, 2.75) is 98.9 Å². The molecule has 5 rings (SSSR count). The van der Waals surface area contributed by atoms with Crippen molar-refractivity contribution < 1.29 is 32.5 Å². The maximum Gasteiger partial charge on any atom is 0.573 e. The third kappa shape index (κ3) is 8.44. The summed E-state index contributed by atoms with van der Waals surface area (Å²) in [6.45, 7) is 17.5. The van der Waals surface area contributed by atoms with Crippen molar-refractivity contribution in [3.05, 3.63) is 75.1 Å². The Morgan fingerprint density at radius 2 is 1.71 bits per heavy atom. The maximum atomic E-state index is 12.8. The van der Waals surface area contributed by atoms with E-state index in [0.717, 1.165) is 72.5 Å². The van der Waals surface area contributed by atoms with Gasteiger partial charge in [-0.1, -0.05) is 49.7 Å². The van der Waals surface area contributed by atoms with Crippen LogP contribution in [-0.2, 0) is 29.0 Å². The first-order valence-electron chi connectivity index (χ1n) is 16.4. The molecule has 0 unspecified atom stereocenters. The van der Waals surface area contributed by atoms with Crippen LogP contribution in [0.1, 0.15) is 87.2 Å². The van der Waals surface area contributed by atoms with E-state index in [1.54, 1.807) is 6.07 Å². The van der Waals surface area contributed by atoms with E-state index >= 15 is 0 Å². The molecule has 0 amide bonds. The molecule has 0 bridgehead atoms. The van der Waals surface area contributed by atoms with Gasteiger partial charge < -0.3 is 19.5 Å². The molecule has 1 fully saturated rings. The maximum absolute atomic E-state index is 12.8. The molecule has 3 aromatic rings. The summed E-state index contributed by atoms with van der Waals surface area (Å²) in [5.41, 5.74) is 7.56. The fourth-order valence-electron chi connectivity index (χ4n) is 6.77. The summed E-state index contributed by atoms with van der Waals surface area (Å²) in [6, 6.07) is 10.8. The molecule has 0 saturated carbocycles. The minimum absolute atomic E-state index is 0.0839. The van der Waals surface area contributed by atoms with E-state index in [2.05, 4.69) is 46.6 Å². The quantitative estimate of drug-likeness (QED) is 0.253. The minimum atomic E-state index is -4.81. The van der Waals surface area contributed by atoms with E-state index < -0.39 is 29.8 Å². The molecular weight excluding hydrogens is 643 g/mol. The van der Waals surface area contributed by atoms with Crippen molar-refractivity contribution in [2.75, 3.05) is 24.5 Å². The van der Waals surface area contributed by atoms with Gasteiger partial charge in [0.2, 0.25) is 0 Å². The number of benzene rings is 2. The zero-order valence-corrected chi connectivity index (χ0v) is 29.5. The summed E-state index contributed by atoms with van der Waals surface area (Å²) in [7, 11) is 0. The molecule has 11 heteroatoms. The van der Waals surface area contributed by atoms with Crippen LogP contribution in [0.15, 0.2) is 36.4 Å². The number of halogens is 4. The zero-order valence-electron chi connectivity index (χ0n) is 28.7. The number of alkyl halides is 3. The van der Waals surface area contributed by atoms with Crippen molar-refractivity contribution in [1.29, 1.82) is 0 Å². The first-order chi connectivity index (χ1) is 22.3. The van der Waals surface area contributed by atoms with Crippen molar-refractivity contribution in [3.8, 4) is 16.9 Å².